The van der Waals surface area contributed by atoms with E-state index < -0.39 is 5.92 Å². The summed E-state index contributed by atoms with van der Waals surface area (Å²) in [6.45, 7) is 1.86. The van der Waals surface area contributed by atoms with E-state index in [4.69, 9.17) is 0 Å². The second kappa shape index (κ2) is 5.55. The van der Waals surface area contributed by atoms with Crippen LogP contribution in [-0.2, 0) is 0 Å². The van der Waals surface area contributed by atoms with Crippen molar-refractivity contribution in [1.82, 2.24) is 14.4 Å². The Balaban J connectivity index is 1.79. The predicted octanol–water partition coefficient (Wildman–Crippen LogP) is 3.74. The van der Waals surface area contributed by atoms with Gasteiger partial charge in [0.15, 0.2) is 16.7 Å². The second-order valence-corrected chi connectivity index (χ2v) is 6.43. The van der Waals surface area contributed by atoms with Crippen LogP contribution in [0.3, 0.4) is 0 Å². The molecule has 0 aliphatic rings. The molecule has 0 aliphatic carbocycles. The first-order valence-electron chi connectivity index (χ1n) is 7.41. The van der Waals surface area contributed by atoms with Gasteiger partial charge in [-0.1, -0.05) is 35.6 Å². The number of ketones is 1. The van der Waals surface area contributed by atoms with Gasteiger partial charge < -0.3 is 0 Å². The number of thiazole rings is 1. The van der Waals surface area contributed by atoms with Gasteiger partial charge in [0.25, 0.3) is 0 Å². The van der Waals surface area contributed by atoms with Gasteiger partial charge in [-0.2, -0.15) is 5.26 Å². The Hall–Kier alpha value is -3.04. The van der Waals surface area contributed by atoms with Crippen LogP contribution in [-0.4, -0.2) is 20.2 Å². The lowest BCUT2D eigenvalue weighted by Gasteiger charge is -2.08. The van der Waals surface area contributed by atoms with Gasteiger partial charge in [0.05, 0.1) is 22.2 Å². The lowest BCUT2D eigenvalue weighted by atomic mass is 9.98. The van der Waals surface area contributed by atoms with Crippen LogP contribution < -0.4 is 0 Å². The van der Waals surface area contributed by atoms with Crippen LogP contribution in [0.4, 0.5) is 0 Å². The van der Waals surface area contributed by atoms with E-state index in [0.717, 1.165) is 21.6 Å². The van der Waals surface area contributed by atoms with E-state index in [-0.39, 0.29) is 5.78 Å². The topological polar surface area (TPSA) is 71.0 Å². The standard InChI is InChI=1S/C18H12N4OS/c1-11-17(24-18-20-8-9-22(11)18)16(23)13(10-19)15-7-6-12-4-2-3-5-14(12)21-15/h2-9,13H,1H3/t13-/m0/s1. The van der Waals surface area contributed by atoms with Crippen LogP contribution in [0.25, 0.3) is 15.9 Å². The average Bonchev–Trinajstić information content (AvgIpc) is 3.18. The zero-order valence-corrected chi connectivity index (χ0v) is 13.6. The largest absolute Gasteiger partial charge is 0.294 e. The number of para-hydroxylation sites is 1. The highest BCUT2D eigenvalue weighted by Crippen LogP contribution is 2.28. The number of hydrogen-bond donors (Lipinski definition) is 0. The highest BCUT2D eigenvalue weighted by molar-refractivity contribution is 7.19. The zero-order chi connectivity index (χ0) is 16.7. The molecule has 5 nitrogen and oxygen atoms in total. The zero-order valence-electron chi connectivity index (χ0n) is 12.8. The van der Waals surface area contributed by atoms with Gasteiger partial charge in [-0.3, -0.25) is 14.2 Å². The summed E-state index contributed by atoms with van der Waals surface area (Å²) in [5.74, 6) is -1.15. The fraction of sp³-hybridized carbons (Fsp3) is 0.111. The van der Waals surface area contributed by atoms with Crippen molar-refractivity contribution in [1.29, 1.82) is 5.26 Å². The first-order chi connectivity index (χ1) is 11.7. The van der Waals surface area contributed by atoms with E-state index in [9.17, 15) is 10.1 Å². The van der Waals surface area contributed by atoms with E-state index in [0.29, 0.717) is 10.6 Å². The Morgan fingerprint density at radius 1 is 1.29 bits per heavy atom. The monoisotopic (exact) mass is 332 g/mol. The van der Waals surface area contributed by atoms with E-state index in [1.807, 2.05) is 47.9 Å². The fourth-order valence-electron chi connectivity index (χ4n) is 2.76. The average molecular weight is 332 g/mol. The molecule has 116 valence electrons. The van der Waals surface area contributed by atoms with Crippen molar-refractivity contribution in [3.05, 3.63) is 65.1 Å². The first kappa shape index (κ1) is 14.5. The van der Waals surface area contributed by atoms with Crippen LogP contribution in [0.1, 0.15) is 27.0 Å². The molecular weight excluding hydrogens is 320 g/mol. The molecule has 1 aromatic carbocycles. The van der Waals surface area contributed by atoms with Crippen LogP contribution in [0, 0.1) is 18.3 Å². The SMILES string of the molecule is Cc1c(C(=O)[C@@H](C#N)c2ccc3ccccc3n2)sc2nccn12. The number of nitriles is 1. The van der Waals surface area contributed by atoms with E-state index in [2.05, 4.69) is 16.0 Å². The summed E-state index contributed by atoms with van der Waals surface area (Å²) in [6.07, 6.45) is 3.51. The van der Waals surface area contributed by atoms with Gasteiger partial charge in [0.1, 0.15) is 0 Å². The van der Waals surface area contributed by atoms with Crippen molar-refractivity contribution in [3.8, 4) is 6.07 Å². The molecule has 0 saturated heterocycles. The summed E-state index contributed by atoms with van der Waals surface area (Å²) in [4.78, 5) is 22.9. The van der Waals surface area contributed by atoms with Gasteiger partial charge in [-0.05, 0) is 19.1 Å². The molecule has 1 atom stereocenters. The van der Waals surface area contributed by atoms with Crippen molar-refractivity contribution < 1.29 is 4.79 Å². The van der Waals surface area contributed by atoms with E-state index >= 15 is 0 Å². The van der Waals surface area contributed by atoms with Crippen LogP contribution in [0.5, 0.6) is 0 Å². The fourth-order valence-corrected chi connectivity index (χ4v) is 3.81. The number of Topliss-reactive ketones (excluding diaryl/α,β-unsaturated/α-hetero) is 1. The Labute approximate surface area is 141 Å². The number of imidazole rings is 1. The number of hydrogen-bond acceptors (Lipinski definition) is 5. The third-order valence-electron chi connectivity index (χ3n) is 4.02. The smallest absolute Gasteiger partial charge is 0.197 e. The number of aromatic nitrogens is 3. The molecule has 0 radical (unpaired) electrons. The number of benzene rings is 1. The number of aryl methyl sites for hydroxylation is 1. The molecule has 0 unspecified atom stereocenters. The molecule has 0 fully saturated rings. The maximum absolute atomic E-state index is 12.9. The quantitative estimate of drug-likeness (QED) is 0.536. The molecule has 3 aromatic heterocycles. The molecule has 0 spiro atoms. The summed E-state index contributed by atoms with van der Waals surface area (Å²) < 4.78 is 1.86. The molecule has 0 N–H and O–H groups in total. The highest BCUT2D eigenvalue weighted by Gasteiger charge is 2.27. The van der Waals surface area contributed by atoms with Gasteiger partial charge in [-0.15, -0.1) is 0 Å². The lowest BCUT2D eigenvalue weighted by molar-refractivity contribution is 0.0980. The van der Waals surface area contributed by atoms with Gasteiger partial charge in [-0.25, -0.2) is 4.98 Å². The highest BCUT2D eigenvalue weighted by atomic mass is 32.1. The summed E-state index contributed by atoms with van der Waals surface area (Å²) in [5.41, 5.74) is 2.06. The first-order valence-corrected chi connectivity index (χ1v) is 8.22. The molecule has 3 heterocycles. The summed E-state index contributed by atoms with van der Waals surface area (Å²) in [7, 11) is 0. The summed E-state index contributed by atoms with van der Waals surface area (Å²) >= 11 is 1.30. The summed E-state index contributed by atoms with van der Waals surface area (Å²) in [5, 5.41) is 10.6. The number of rotatable bonds is 3. The Bertz CT molecular complexity index is 1120. The molecule has 4 rings (SSSR count). The molecule has 4 aromatic rings. The molecule has 0 saturated carbocycles. The minimum absolute atomic E-state index is 0.228. The predicted molar refractivity (Wildman–Crippen MR) is 92.2 cm³/mol. The number of fused-ring (bicyclic) bond motifs is 2. The van der Waals surface area contributed by atoms with Gasteiger partial charge in [0, 0.05) is 23.5 Å². The van der Waals surface area contributed by atoms with Gasteiger partial charge in [0.2, 0.25) is 0 Å². The minimum Gasteiger partial charge on any atom is -0.294 e. The summed E-state index contributed by atoms with van der Waals surface area (Å²) in [6, 6.07) is 13.4. The van der Waals surface area contributed by atoms with E-state index in [1.165, 1.54) is 11.3 Å². The minimum atomic E-state index is -0.920. The Morgan fingerprint density at radius 3 is 2.92 bits per heavy atom. The molecule has 0 bridgehead atoms. The second-order valence-electron chi connectivity index (χ2n) is 5.45. The third kappa shape index (κ3) is 2.18. The van der Waals surface area contributed by atoms with Crippen molar-refractivity contribution in [2.75, 3.05) is 0 Å². The molecular formula is C18H12N4OS. The number of carbonyl (C=O) groups is 1. The normalized spacial score (nSPS) is 12.3. The molecule has 6 heteroatoms. The van der Waals surface area contributed by atoms with E-state index in [1.54, 1.807) is 12.3 Å². The molecule has 0 aliphatic heterocycles. The van der Waals surface area contributed by atoms with Crippen LogP contribution >= 0.6 is 11.3 Å². The van der Waals surface area contributed by atoms with Crippen LogP contribution in [0.2, 0.25) is 0 Å². The Morgan fingerprint density at radius 2 is 2.12 bits per heavy atom. The van der Waals surface area contributed by atoms with Crippen molar-refractivity contribution >= 4 is 33.0 Å². The van der Waals surface area contributed by atoms with Crippen LogP contribution in [0.15, 0.2) is 48.8 Å². The van der Waals surface area contributed by atoms with Crippen molar-refractivity contribution in [3.63, 3.8) is 0 Å². The maximum atomic E-state index is 12.9. The maximum Gasteiger partial charge on any atom is 0.197 e. The number of nitrogens with zero attached hydrogens (tertiary/aromatic N) is 4. The molecule has 0 amide bonds. The number of pyridine rings is 1. The van der Waals surface area contributed by atoms with Crippen molar-refractivity contribution in [2.24, 2.45) is 0 Å². The lowest BCUT2D eigenvalue weighted by Crippen LogP contribution is -2.13. The molecule has 24 heavy (non-hydrogen) atoms. The third-order valence-corrected chi connectivity index (χ3v) is 5.21. The van der Waals surface area contributed by atoms with Crippen molar-refractivity contribution in [2.45, 2.75) is 12.8 Å². The number of carbonyl (C=O) groups excluding carboxylic acids is 1. The Kier molecular flexibility index (Phi) is 3.36. The van der Waals surface area contributed by atoms with Gasteiger partial charge >= 0.3 is 0 Å².